The Hall–Kier alpha value is -2.78. The van der Waals surface area contributed by atoms with Crippen molar-refractivity contribution in [1.29, 1.82) is 0 Å². The molecule has 4 unspecified atom stereocenters. The molecule has 0 bridgehead atoms. The number of para-hydroxylation sites is 1. The molecule has 9 nitrogen and oxygen atoms in total. The second kappa shape index (κ2) is 8.07. The van der Waals surface area contributed by atoms with Crippen LogP contribution in [0.25, 0.3) is 5.69 Å². The van der Waals surface area contributed by atoms with Crippen LogP contribution >= 0.6 is 0 Å². The van der Waals surface area contributed by atoms with Gasteiger partial charge in [-0.1, -0.05) is 18.2 Å². The molecular formula is C19H24N6O3. The topological polar surface area (TPSA) is 114 Å². The monoisotopic (exact) mass is 384 g/mol. The summed E-state index contributed by atoms with van der Waals surface area (Å²) in [6.07, 6.45) is 6.13. The van der Waals surface area contributed by atoms with E-state index in [9.17, 15) is 14.9 Å². The molecule has 1 amide bonds. The number of nitrogens with one attached hydrogen (secondary N) is 3. The number of nitrogens with zero attached hydrogens (tertiary/aromatic N) is 3. The predicted octanol–water partition coefficient (Wildman–Crippen LogP) is 0.821. The summed E-state index contributed by atoms with van der Waals surface area (Å²) in [5.41, 5.74) is 8.18. The van der Waals surface area contributed by atoms with Crippen LogP contribution < -0.4 is 16.2 Å². The fourth-order valence-electron chi connectivity index (χ4n) is 4.14. The number of carbonyl (C=O) groups is 1. The van der Waals surface area contributed by atoms with Crippen LogP contribution in [-0.2, 0) is 11.2 Å². The molecule has 2 heterocycles. The molecule has 1 saturated carbocycles. The minimum absolute atomic E-state index is 0.0509. The number of fused-ring (bicyclic) bond motifs is 1. The molecule has 1 aromatic heterocycles. The second-order valence-corrected chi connectivity index (χ2v) is 7.46. The van der Waals surface area contributed by atoms with Gasteiger partial charge in [0.15, 0.2) is 0 Å². The highest BCUT2D eigenvalue weighted by atomic mass is 16.6. The number of benzene rings is 1. The molecule has 1 saturated heterocycles. The zero-order valence-corrected chi connectivity index (χ0v) is 15.5. The van der Waals surface area contributed by atoms with Crippen LogP contribution in [0.2, 0.25) is 0 Å². The lowest BCUT2D eigenvalue weighted by Gasteiger charge is -2.28. The number of hydrazine groups is 1. The minimum atomic E-state index is -0.554. The lowest BCUT2D eigenvalue weighted by Crippen LogP contribution is -2.47. The van der Waals surface area contributed by atoms with Crippen LogP contribution in [0.3, 0.4) is 0 Å². The molecule has 1 aliphatic carbocycles. The summed E-state index contributed by atoms with van der Waals surface area (Å²) in [4.78, 5) is 23.5. The van der Waals surface area contributed by atoms with E-state index in [2.05, 4.69) is 21.3 Å². The normalized spacial score (nSPS) is 26.6. The molecule has 148 valence electrons. The van der Waals surface area contributed by atoms with Gasteiger partial charge in [0.1, 0.15) is 6.04 Å². The Morgan fingerprint density at radius 1 is 1.29 bits per heavy atom. The first kappa shape index (κ1) is 18.6. The number of amides is 1. The molecule has 0 radical (unpaired) electrons. The van der Waals surface area contributed by atoms with Crippen LogP contribution in [0.5, 0.6) is 0 Å². The molecule has 1 aliphatic heterocycles. The third-order valence-corrected chi connectivity index (χ3v) is 5.67. The third-order valence-electron chi connectivity index (χ3n) is 5.67. The smallest absolute Gasteiger partial charge is 0.238 e. The van der Waals surface area contributed by atoms with E-state index in [4.69, 9.17) is 0 Å². The fraction of sp³-hybridized carbons (Fsp3) is 0.474. The zero-order valence-electron chi connectivity index (χ0n) is 15.5. The maximum atomic E-state index is 12.6. The Kier molecular flexibility index (Phi) is 5.36. The number of hydrogen-bond donors (Lipinski definition) is 3. The summed E-state index contributed by atoms with van der Waals surface area (Å²) in [5.74, 6) is -0.163. The Morgan fingerprint density at radius 3 is 2.89 bits per heavy atom. The highest BCUT2D eigenvalue weighted by Crippen LogP contribution is 2.31. The predicted molar refractivity (Wildman–Crippen MR) is 102 cm³/mol. The van der Waals surface area contributed by atoms with Crippen molar-refractivity contribution in [1.82, 2.24) is 25.9 Å². The van der Waals surface area contributed by atoms with E-state index in [-0.39, 0.29) is 22.8 Å². The Labute approximate surface area is 162 Å². The van der Waals surface area contributed by atoms with E-state index in [1.807, 2.05) is 41.2 Å². The summed E-state index contributed by atoms with van der Waals surface area (Å²) in [6.45, 7) is 0.494. The maximum absolute atomic E-state index is 12.6. The van der Waals surface area contributed by atoms with E-state index in [1.165, 1.54) is 0 Å². The lowest BCUT2D eigenvalue weighted by molar-refractivity contribution is -0.528. The summed E-state index contributed by atoms with van der Waals surface area (Å²) >= 11 is 0. The van der Waals surface area contributed by atoms with Crippen molar-refractivity contribution in [3.8, 4) is 5.69 Å². The Balaban J connectivity index is 1.29. The van der Waals surface area contributed by atoms with Gasteiger partial charge in [-0.2, -0.15) is 5.10 Å². The Bertz CT molecular complexity index is 839. The molecule has 2 aromatic rings. The van der Waals surface area contributed by atoms with Gasteiger partial charge in [0.05, 0.1) is 11.9 Å². The SMILES string of the molecule is O=C(NCCc1cnn(-c2ccccc2)c1)C1NNC2CCC([N+](=O)[O-])CC21. The van der Waals surface area contributed by atoms with Gasteiger partial charge in [-0.25, -0.2) is 10.1 Å². The number of aromatic nitrogens is 2. The molecule has 2 fully saturated rings. The minimum Gasteiger partial charge on any atom is -0.354 e. The van der Waals surface area contributed by atoms with Crippen LogP contribution in [0.1, 0.15) is 24.8 Å². The van der Waals surface area contributed by atoms with Gasteiger partial charge in [0.2, 0.25) is 11.9 Å². The van der Waals surface area contributed by atoms with E-state index in [0.717, 1.165) is 11.3 Å². The molecule has 2 aliphatic rings. The van der Waals surface area contributed by atoms with Gasteiger partial charge < -0.3 is 5.32 Å². The standard InChI is InChI=1S/C19H24N6O3/c26-19(18-16-10-15(25(27)28)6-7-17(16)22-23-18)20-9-8-13-11-21-24(12-13)14-4-2-1-3-5-14/h1-5,11-12,15-18,22-23H,6-10H2,(H,20,26). The summed E-state index contributed by atoms with van der Waals surface area (Å²) in [6, 6.07) is 8.98. The van der Waals surface area contributed by atoms with E-state index >= 15 is 0 Å². The largest absolute Gasteiger partial charge is 0.354 e. The molecule has 28 heavy (non-hydrogen) atoms. The van der Waals surface area contributed by atoms with Crippen molar-refractivity contribution >= 4 is 5.91 Å². The highest BCUT2D eigenvalue weighted by Gasteiger charge is 2.46. The zero-order chi connectivity index (χ0) is 19.5. The highest BCUT2D eigenvalue weighted by molar-refractivity contribution is 5.82. The first-order chi connectivity index (χ1) is 13.6. The number of nitro groups is 1. The lowest BCUT2D eigenvalue weighted by atomic mass is 9.79. The summed E-state index contributed by atoms with van der Waals surface area (Å²) in [7, 11) is 0. The van der Waals surface area contributed by atoms with Crippen molar-refractivity contribution in [2.24, 2.45) is 5.92 Å². The second-order valence-electron chi connectivity index (χ2n) is 7.46. The molecular weight excluding hydrogens is 360 g/mol. The molecule has 9 heteroatoms. The van der Waals surface area contributed by atoms with E-state index < -0.39 is 12.1 Å². The van der Waals surface area contributed by atoms with Crippen LogP contribution in [0, 0.1) is 16.0 Å². The number of carbonyl (C=O) groups excluding carboxylic acids is 1. The van der Waals surface area contributed by atoms with Crippen LogP contribution in [0.4, 0.5) is 0 Å². The van der Waals surface area contributed by atoms with E-state index in [1.54, 1.807) is 6.20 Å². The average Bonchev–Trinajstić information content (AvgIpc) is 3.35. The summed E-state index contributed by atoms with van der Waals surface area (Å²) in [5, 5.41) is 18.4. The molecule has 3 N–H and O–H groups in total. The van der Waals surface area contributed by atoms with Crippen molar-refractivity contribution in [3.05, 3.63) is 58.4 Å². The third kappa shape index (κ3) is 3.90. The van der Waals surface area contributed by atoms with Crippen LogP contribution in [-0.4, -0.2) is 45.3 Å². The first-order valence-electron chi connectivity index (χ1n) is 9.63. The van der Waals surface area contributed by atoms with Gasteiger partial charge >= 0.3 is 0 Å². The molecule has 1 aromatic carbocycles. The fourth-order valence-corrected chi connectivity index (χ4v) is 4.14. The van der Waals surface area contributed by atoms with Crippen molar-refractivity contribution < 1.29 is 9.72 Å². The molecule has 4 rings (SSSR count). The quantitative estimate of drug-likeness (QED) is 0.502. The number of rotatable bonds is 6. The first-order valence-corrected chi connectivity index (χ1v) is 9.63. The van der Waals surface area contributed by atoms with Crippen LogP contribution in [0.15, 0.2) is 42.7 Å². The van der Waals surface area contributed by atoms with Gasteiger partial charge in [0.25, 0.3) is 0 Å². The van der Waals surface area contributed by atoms with Crippen molar-refractivity contribution in [3.63, 3.8) is 0 Å². The van der Waals surface area contributed by atoms with Gasteiger partial charge in [-0.05, 0) is 30.5 Å². The maximum Gasteiger partial charge on any atom is 0.238 e. The Morgan fingerprint density at radius 2 is 2.11 bits per heavy atom. The average molecular weight is 384 g/mol. The van der Waals surface area contributed by atoms with Gasteiger partial charge in [-0.15, -0.1) is 0 Å². The molecule has 4 atom stereocenters. The molecule has 0 spiro atoms. The van der Waals surface area contributed by atoms with Gasteiger partial charge in [0, 0.05) is 42.5 Å². The number of hydrogen-bond acceptors (Lipinski definition) is 6. The summed E-state index contributed by atoms with van der Waals surface area (Å²) < 4.78 is 1.81. The van der Waals surface area contributed by atoms with Crippen molar-refractivity contribution in [2.75, 3.05) is 6.54 Å². The van der Waals surface area contributed by atoms with Gasteiger partial charge in [-0.3, -0.25) is 20.3 Å². The van der Waals surface area contributed by atoms with Crippen molar-refractivity contribution in [2.45, 2.75) is 43.8 Å². The van der Waals surface area contributed by atoms with E-state index in [0.29, 0.717) is 32.2 Å².